The first kappa shape index (κ1) is 27.4. The molecule has 1 heterocycles. The van der Waals surface area contributed by atoms with Crippen molar-refractivity contribution in [1.82, 2.24) is 9.66 Å². The highest BCUT2D eigenvalue weighted by Crippen LogP contribution is 2.37. The van der Waals surface area contributed by atoms with Crippen molar-refractivity contribution in [3.8, 4) is 11.5 Å². The molecule has 3 aromatic carbocycles. The fraction of sp³-hybridized carbons (Fsp3) is 0.323. The highest BCUT2D eigenvalue weighted by Gasteiger charge is 2.22. The summed E-state index contributed by atoms with van der Waals surface area (Å²) in [6.07, 6.45) is 7.09. The SMILES string of the molecule is CCOc1cc(C=Nn2c(C3CCCCC3)nc3ccc(Br)cc3c2=O)cc(Cl)c1OCc1ccc(C)cc1. The first-order valence-electron chi connectivity index (χ1n) is 13.3. The van der Waals surface area contributed by atoms with Crippen molar-refractivity contribution >= 4 is 44.6 Å². The van der Waals surface area contributed by atoms with Crippen molar-refractivity contribution in [2.75, 3.05) is 6.61 Å². The van der Waals surface area contributed by atoms with E-state index in [4.69, 9.17) is 26.1 Å². The number of benzene rings is 3. The number of nitrogens with zero attached hydrogens (tertiary/aromatic N) is 3. The summed E-state index contributed by atoms with van der Waals surface area (Å²) in [6.45, 7) is 4.78. The molecule has 0 bridgehead atoms. The van der Waals surface area contributed by atoms with Crippen LogP contribution in [0.4, 0.5) is 0 Å². The minimum atomic E-state index is -0.188. The second-order valence-corrected chi connectivity index (χ2v) is 11.2. The van der Waals surface area contributed by atoms with E-state index < -0.39 is 0 Å². The number of rotatable bonds is 8. The van der Waals surface area contributed by atoms with E-state index in [0.29, 0.717) is 52.0 Å². The van der Waals surface area contributed by atoms with E-state index in [1.54, 1.807) is 18.3 Å². The summed E-state index contributed by atoms with van der Waals surface area (Å²) in [6, 6.07) is 17.3. The van der Waals surface area contributed by atoms with E-state index >= 15 is 0 Å². The third-order valence-electron chi connectivity index (χ3n) is 6.96. The molecule has 0 saturated heterocycles. The van der Waals surface area contributed by atoms with Crippen LogP contribution in [0.2, 0.25) is 5.02 Å². The van der Waals surface area contributed by atoms with E-state index in [9.17, 15) is 4.79 Å². The van der Waals surface area contributed by atoms with E-state index in [-0.39, 0.29) is 11.5 Å². The summed E-state index contributed by atoms with van der Waals surface area (Å²) in [5.74, 6) is 1.91. The van der Waals surface area contributed by atoms with Crippen LogP contribution in [0.25, 0.3) is 10.9 Å². The lowest BCUT2D eigenvalue weighted by Gasteiger charge is -2.22. The predicted octanol–water partition coefficient (Wildman–Crippen LogP) is 8.03. The monoisotopic (exact) mass is 607 g/mol. The zero-order chi connectivity index (χ0) is 27.4. The summed E-state index contributed by atoms with van der Waals surface area (Å²) >= 11 is 10.1. The maximum absolute atomic E-state index is 13.6. The Morgan fingerprint density at radius 2 is 1.85 bits per heavy atom. The summed E-state index contributed by atoms with van der Waals surface area (Å²) in [7, 11) is 0. The average molecular weight is 609 g/mol. The number of fused-ring (bicyclic) bond motifs is 1. The largest absolute Gasteiger partial charge is 0.490 e. The smallest absolute Gasteiger partial charge is 0.282 e. The van der Waals surface area contributed by atoms with Gasteiger partial charge in [-0.2, -0.15) is 9.78 Å². The zero-order valence-electron chi connectivity index (χ0n) is 22.1. The lowest BCUT2D eigenvalue weighted by atomic mass is 9.88. The number of hydrogen-bond acceptors (Lipinski definition) is 5. The second-order valence-electron chi connectivity index (χ2n) is 9.87. The van der Waals surface area contributed by atoms with Crippen LogP contribution in [0.3, 0.4) is 0 Å². The number of ether oxygens (including phenoxy) is 2. The molecule has 1 aromatic heterocycles. The van der Waals surface area contributed by atoms with Gasteiger partial charge in [0.2, 0.25) is 0 Å². The van der Waals surface area contributed by atoms with E-state index in [1.165, 1.54) is 16.7 Å². The fourth-order valence-electron chi connectivity index (χ4n) is 4.93. The molecule has 1 aliphatic rings. The van der Waals surface area contributed by atoms with Gasteiger partial charge in [-0.15, -0.1) is 0 Å². The van der Waals surface area contributed by atoms with Gasteiger partial charge in [0, 0.05) is 10.4 Å². The summed E-state index contributed by atoms with van der Waals surface area (Å²) in [5, 5.41) is 5.59. The molecule has 39 heavy (non-hydrogen) atoms. The summed E-state index contributed by atoms with van der Waals surface area (Å²) in [5.41, 5.74) is 3.42. The van der Waals surface area contributed by atoms with E-state index in [1.807, 2.05) is 56.3 Å². The van der Waals surface area contributed by atoms with Crippen LogP contribution in [0.1, 0.15) is 67.5 Å². The quantitative estimate of drug-likeness (QED) is 0.190. The van der Waals surface area contributed by atoms with Crippen molar-refractivity contribution < 1.29 is 9.47 Å². The molecule has 4 aromatic rings. The normalized spacial score (nSPS) is 14.3. The van der Waals surface area contributed by atoms with Gasteiger partial charge >= 0.3 is 0 Å². The Hall–Kier alpha value is -3.16. The van der Waals surface area contributed by atoms with Gasteiger partial charge < -0.3 is 9.47 Å². The van der Waals surface area contributed by atoms with Crippen molar-refractivity contribution in [3.05, 3.63) is 97.0 Å². The molecule has 0 unspecified atom stereocenters. The number of halogens is 2. The molecular formula is C31H31BrClN3O3. The molecule has 0 amide bonds. The van der Waals surface area contributed by atoms with Crippen LogP contribution in [0, 0.1) is 6.92 Å². The van der Waals surface area contributed by atoms with Gasteiger partial charge in [0.15, 0.2) is 11.5 Å². The van der Waals surface area contributed by atoms with Gasteiger partial charge in [0.25, 0.3) is 5.56 Å². The molecule has 0 spiro atoms. The molecule has 0 N–H and O–H groups in total. The molecule has 0 radical (unpaired) electrons. The summed E-state index contributed by atoms with van der Waals surface area (Å²) in [4.78, 5) is 18.5. The van der Waals surface area contributed by atoms with Gasteiger partial charge in [0.05, 0.1) is 28.7 Å². The highest BCUT2D eigenvalue weighted by molar-refractivity contribution is 9.10. The Morgan fingerprint density at radius 3 is 2.59 bits per heavy atom. The van der Waals surface area contributed by atoms with Gasteiger partial charge in [-0.25, -0.2) is 4.98 Å². The predicted molar refractivity (Wildman–Crippen MR) is 161 cm³/mol. The highest BCUT2D eigenvalue weighted by atomic mass is 79.9. The van der Waals surface area contributed by atoms with Crippen LogP contribution in [0.5, 0.6) is 11.5 Å². The second kappa shape index (κ2) is 12.3. The minimum Gasteiger partial charge on any atom is -0.490 e. The van der Waals surface area contributed by atoms with Crippen LogP contribution in [-0.2, 0) is 6.61 Å². The summed E-state index contributed by atoms with van der Waals surface area (Å²) < 4.78 is 14.2. The molecule has 6 nitrogen and oxygen atoms in total. The van der Waals surface area contributed by atoms with E-state index in [2.05, 4.69) is 21.0 Å². The Balaban J connectivity index is 1.50. The maximum atomic E-state index is 13.6. The fourth-order valence-corrected chi connectivity index (χ4v) is 5.57. The average Bonchev–Trinajstić information content (AvgIpc) is 2.94. The first-order chi connectivity index (χ1) is 18.9. The van der Waals surface area contributed by atoms with Gasteiger partial charge in [-0.1, -0.05) is 76.6 Å². The lowest BCUT2D eigenvalue weighted by Crippen LogP contribution is -2.25. The van der Waals surface area contributed by atoms with Crippen molar-refractivity contribution in [2.24, 2.45) is 5.10 Å². The van der Waals surface area contributed by atoms with Gasteiger partial charge in [-0.3, -0.25) is 4.79 Å². The third kappa shape index (κ3) is 6.36. The topological polar surface area (TPSA) is 65.7 Å². The Bertz CT molecular complexity index is 1560. The lowest BCUT2D eigenvalue weighted by molar-refractivity contribution is 0.269. The van der Waals surface area contributed by atoms with E-state index in [0.717, 1.165) is 35.7 Å². The number of aromatic nitrogens is 2. The molecule has 0 atom stereocenters. The van der Waals surface area contributed by atoms with Gasteiger partial charge in [0.1, 0.15) is 12.4 Å². The first-order valence-corrected chi connectivity index (χ1v) is 14.5. The molecule has 1 saturated carbocycles. The Morgan fingerprint density at radius 1 is 1.08 bits per heavy atom. The molecule has 0 aliphatic heterocycles. The Labute approximate surface area is 241 Å². The zero-order valence-corrected chi connectivity index (χ0v) is 24.5. The number of hydrogen-bond donors (Lipinski definition) is 0. The maximum Gasteiger partial charge on any atom is 0.282 e. The van der Waals surface area contributed by atoms with Crippen LogP contribution in [0.15, 0.2) is 69.0 Å². The minimum absolute atomic E-state index is 0.188. The third-order valence-corrected chi connectivity index (χ3v) is 7.74. The molecule has 1 fully saturated rings. The van der Waals surface area contributed by atoms with Crippen LogP contribution >= 0.6 is 27.5 Å². The van der Waals surface area contributed by atoms with Crippen molar-refractivity contribution in [2.45, 2.75) is 58.5 Å². The van der Waals surface area contributed by atoms with Crippen molar-refractivity contribution in [1.29, 1.82) is 0 Å². The Kier molecular flexibility index (Phi) is 8.68. The standard InChI is InChI=1S/C31H31BrClN3O3/c1-3-38-28-16-22(15-26(33)29(28)39-19-21-11-9-20(2)10-12-21)18-34-36-30(23-7-5-4-6-8-23)35-27-14-13-24(32)17-25(27)31(36)37/h9-18,23H,3-8,19H2,1-2H3. The number of aryl methyl sites for hydroxylation is 1. The molecule has 8 heteroatoms. The molecule has 5 rings (SSSR count). The van der Waals surface area contributed by atoms with Gasteiger partial charge in [-0.05, 0) is 68.1 Å². The van der Waals surface area contributed by atoms with Crippen molar-refractivity contribution in [3.63, 3.8) is 0 Å². The molecule has 1 aliphatic carbocycles. The molecule has 202 valence electrons. The van der Waals surface area contributed by atoms with Crippen LogP contribution < -0.4 is 15.0 Å². The molecular weight excluding hydrogens is 578 g/mol. The van der Waals surface area contributed by atoms with Crippen LogP contribution in [-0.4, -0.2) is 22.5 Å².